The van der Waals surface area contributed by atoms with Gasteiger partial charge < -0.3 is 37.0 Å². The number of fused-ring (bicyclic) bond motifs is 1. The van der Waals surface area contributed by atoms with E-state index in [9.17, 15) is 24.5 Å². The van der Waals surface area contributed by atoms with Crippen molar-refractivity contribution >= 4 is 30.7 Å². The molecule has 6 atom stereocenters. The van der Waals surface area contributed by atoms with E-state index in [2.05, 4.69) is 15.0 Å². The molecule has 0 aromatic carbocycles. The van der Waals surface area contributed by atoms with E-state index in [-0.39, 0.29) is 36.4 Å². The van der Waals surface area contributed by atoms with Crippen LogP contribution in [0.3, 0.4) is 0 Å². The van der Waals surface area contributed by atoms with E-state index in [4.69, 9.17) is 31.0 Å². The van der Waals surface area contributed by atoms with Gasteiger partial charge in [0.05, 0.1) is 19.5 Å². The van der Waals surface area contributed by atoms with Crippen molar-refractivity contribution in [2.75, 3.05) is 18.9 Å². The number of phosphoric ester groups is 1. The second kappa shape index (κ2) is 9.50. The maximum Gasteiger partial charge on any atom is 0.472 e. The number of phosphoric acid groups is 1. The van der Waals surface area contributed by atoms with Crippen LogP contribution in [0.15, 0.2) is 12.7 Å². The zero-order valence-corrected chi connectivity index (χ0v) is 17.1. The summed E-state index contributed by atoms with van der Waals surface area (Å²) in [6, 6.07) is -0.708. The molecule has 1 unspecified atom stereocenters. The van der Waals surface area contributed by atoms with Gasteiger partial charge in [-0.25, -0.2) is 19.5 Å². The van der Waals surface area contributed by atoms with E-state index in [1.807, 2.05) is 0 Å². The number of amides is 1. The van der Waals surface area contributed by atoms with Gasteiger partial charge >= 0.3 is 7.82 Å². The van der Waals surface area contributed by atoms with Gasteiger partial charge in [-0.1, -0.05) is 0 Å². The summed E-state index contributed by atoms with van der Waals surface area (Å²) in [7, 11) is -4.54. The van der Waals surface area contributed by atoms with Crippen LogP contribution in [0.1, 0.15) is 19.1 Å². The van der Waals surface area contributed by atoms with Gasteiger partial charge in [-0.3, -0.25) is 18.4 Å². The van der Waals surface area contributed by atoms with E-state index in [1.165, 1.54) is 17.2 Å². The van der Waals surface area contributed by atoms with Gasteiger partial charge in [-0.2, -0.15) is 0 Å². The third-order valence-corrected chi connectivity index (χ3v) is 5.56. The molecule has 2 aromatic heterocycles. The van der Waals surface area contributed by atoms with Gasteiger partial charge in [0.25, 0.3) is 0 Å². The maximum absolute atomic E-state index is 12.0. The molecule has 9 N–H and O–H groups in total. The molecule has 1 saturated heterocycles. The largest absolute Gasteiger partial charge is 0.472 e. The van der Waals surface area contributed by atoms with Gasteiger partial charge in [0, 0.05) is 12.5 Å². The number of rotatable bonds is 10. The average Bonchev–Trinajstić information content (AvgIpc) is 3.26. The van der Waals surface area contributed by atoms with Crippen LogP contribution in [0.5, 0.6) is 0 Å². The molecule has 3 heterocycles. The Kier molecular flexibility index (Phi) is 7.18. The average molecular weight is 461 g/mol. The van der Waals surface area contributed by atoms with Crippen LogP contribution in [0.25, 0.3) is 11.2 Å². The van der Waals surface area contributed by atoms with E-state index in [0.29, 0.717) is 0 Å². The van der Waals surface area contributed by atoms with Crippen LogP contribution in [0.4, 0.5) is 5.82 Å². The lowest BCUT2D eigenvalue weighted by Gasteiger charge is -2.19. The van der Waals surface area contributed by atoms with Crippen molar-refractivity contribution in [3.05, 3.63) is 12.7 Å². The Morgan fingerprint density at radius 2 is 2.03 bits per heavy atom. The fraction of sp³-hybridized carbons (Fsp3) is 0.600. The zero-order valence-electron chi connectivity index (χ0n) is 16.2. The smallest absolute Gasteiger partial charge is 0.387 e. The number of primary amides is 1. The molecular weight excluding hydrogens is 437 g/mol. The van der Waals surface area contributed by atoms with Crippen molar-refractivity contribution in [2.45, 2.75) is 43.4 Å². The Labute approximate surface area is 175 Å². The molecule has 3 rings (SSSR count). The summed E-state index contributed by atoms with van der Waals surface area (Å²) < 4.78 is 28.6. The van der Waals surface area contributed by atoms with Gasteiger partial charge in [0.2, 0.25) is 5.91 Å². The summed E-state index contributed by atoms with van der Waals surface area (Å²) in [4.78, 5) is 32.4. The van der Waals surface area contributed by atoms with Crippen molar-refractivity contribution in [1.82, 2.24) is 19.5 Å². The standard InChI is InChI=1S/C15H24N7O8P/c16-7(1-2-9(17)23)3-28-31(26,27)29-4-8-11(24)12(25)15(30-8)22-6-21-10-13(18)19-5-20-14(10)22/h5-8,11-12,15,24-25H,1-4,16H2,(H2,17,23)(H,26,27)(H2,18,19,20)/t7-,8+,11+,12+,15+/m0/s1. The number of ether oxygens (including phenoxy) is 1. The number of nitrogens with zero attached hydrogens (tertiary/aromatic N) is 4. The Bertz CT molecular complexity index is 974. The van der Waals surface area contributed by atoms with E-state index in [1.54, 1.807) is 0 Å². The van der Waals surface area contributed by atoms with Gasteiger partial charge in [0.1, 0.15) is 30.2 Å². The van der Waals surface area contributed by atoms with Crippen LogP contribution in [0.2, 0.25) is 0 Å². The summed E-state index contributed by atoms with van der Waals surface area (Å²) in [6.45, 7) is -0.925. The molecule has 172 valence electrons. The van der Waals surface area contributed by atoms with E-state index in [0.717, 1.165) is 0 Å². The molecule has 0 bridgehead atoms. The van der Waals surface area contributed by atoms with E-state index < -0.39 is 50.9 Å². The molecule has 0 saturated carbocycles. The molecule has 1 amide bonds. The lowest BCUT2D eigenvalue weighted by Crippen LogP contribution is -2.33. The number of anilines is 1. The first-order valence-corrected chi connectivity index (χ1v) is 10.7. The Morgan fingerprint density at radius 1 is 1.29 bits per heavy atom. The summed E-state index contributed by atoms with van der Waals surface area (Å²) in [6.07, 6.45) is -2.44. The fourth-order valence-corrected chi connectivity index (χ4v) is 3.75. The number of hydrogen-bond acceptors (Lipinski definition) is 12. The van der Waals surface area contributed by atoms with Crippen molar-refractivity contribution in [3.63, 3.8) is 0 Å². The minimum atomic E-state index is -4.54. The van der Waals surface area contributed by atoms with Gasteiger partial charge in [-0.15, -0.1) is 0 Å². The molecule has 31 heavy (non-hydrogen) atoms. The molecule has 2 aromatic rings. The molecule has 0 radical (unpaired) electrons. The minimum absolute atomic E-state index is 0.00198. The number of aliphatic hydroxyl groups excluding tert-OH is 2. The minimum Gasteiger partial charge on any atom is -0.387 e. The van der Waals surface area contributed by atoms with Crippen molar-refractivity contribution < 1.29 is 38.3 Å². The third-order valence-electron chi connectivity index (χ3n) is 4.61. The first kappa shape index (κ1) is 23.4. The van der Waals surface area contributed by atoms with Crippen LogP contribution >= 0.6 is 7.82 Å². The highest BCUT2D eigenvalue weighted by Gasteiger charge is 2.45. The second-order valence-electron chi connectivity index (χ2n) is 6.95. The molecular formula is C15H24N7O8P. The molecule has 1 fully saturated rings. The van der Waals surface area contributed by atoms with Gasteiger partial charge in [-0.05, 0) is 6.42 Å². The third kappa shape index (κ3) is 5.53. The normalized spacial score (nSPS) is 26.7. The summed E-state index contributed by atoms with van der Waals surface area (Å²) in [5.41, 5.74) is 17.0. The predicted molar refractivity (Wildman–Crippen MR) is 104 cm³/mol. The molecule has 16 heteroatoms. The number of hydrogen-bond donors (Lipinski definition) is 6. The molecule has 1 aliphatic heterocycles. The van der Waals surface area contributed by atoms with Crippen molar-refractivity contribution in [2.24, 2.45) is 11.5 Å². The highest BCUT2D eigenvalue weighted by Crippen LogP contribution is 2.44. The number of carbonyl (C=O) groups excluding carboxylic acids is 1. The molecule has 0 aliphatic carbocycles. The number of aliphatic hydroxyl groups is 2. The maximum atomic E-state index is 12.0. The molecule has 1 aliphatic rings. The lowest BCUT2D eigenvalue weighted by molar-refractivity contribution is -0.118. The van der Waals surface area contributed by atoms with Crippen molar-refractivity contribution in [1.29, 1.82) is 0 Å². The predicted octanol–water partition coefficient (Wildman–Crippen LogP) is -2.25. The van der Waals surface area contributed by atoms with Crippen LogP contribution in [-0.4, -0.2) is 78.1 Å². The summed E-state index contributed by atoms with van der Waals surface area (Å²) in [5.74, 6) is -0.428. The van der Waals surface area contributed by atoms with Crippen LogP contribution in [0, 0.1) is 0 Å². The number of aromatic nitrogens is 4. The highest BCUT2D eigenvalue weighted by atomic mass is 31.2. The van der Waals surface area contributed by atoms with Crippen LogP contribution < -0.4 is 17.2 Å². The topological polar surface area (TPSA) is 244 Å². The SMILES string of the molecule is NC(=O)CC[C@H](N)COP(=O)(O)OC[C@H]1O[C@@H](n2cnc3c(N)ncnc32)[C@H](O)[C@@H]1O. The first-order valence-electron chi connectivity index (χ1n) is 9.19. The number of nitrogens with two attached hydrogens (primary N) is 3. The Balaban J connectivity index is 1.58. The summed E-state index contributed by atoms with van der Waals surface area (Å²) >= 11 is 0. The fourth-order valence-electron chi connectivity index (χ4n) is 2.96. The van der Waals surface area contributed by atoms with Gasteiger partial charge in [0.15, 0.2) is 17.7 Å². The number of imidazole rings is 1. The highest BCUT2D eigenvalue weighted by molar-refractivity contribution is 7.47. The number of carbonyl (C=O) groups is 1. The molecule has 15 nitrogen and oxygen atoms in total. The zero-order chi connectivity index (χ0) is 22.8. The quantitative estimate of drug-likeness (QED) is 0.205. The Hall–Kier alpha value is -2.23. The second-order valence-corrected chi connectivity index (χ2v) is 8.41. The van der Waals surface area contributed by atoms with Crippen molar-refractivity contribution in [3.8, 4) is 0 Å². The lowest BCUT2D eigenvalue weighted by atomic mass is 10.1. The monoisotopic (exact) mass is 461 g/mol. The number of nitrogen functional groups attached to an aromatic ring is 1. The Morgan fingerprint density at radius 3 is 2.74 bits per heavy atom. The first-order chi connectivity index (χ1) is 14.6. The molecule has 0 spiro atoms. The van der Waals surface area contributed by atoms with Crippen LogP contribution in [-0.2, 0) is 23.1 Å². The van der Waals surface area contributed by atoms with E-state index >= 15 is 0 Å². The summed E-state index contributed by atoms with van der Waals surface area (Å²) in [5, 5.41) is 20.6.